The Labute approximate surface area is 119 Å². The van der Waals surface area contributed by atoms with Crippen molar-refractivity contribution in [3.8, 4) is 0 Å². The average Bonchev–Trinajstić information content (AvgIpc) is 2.37. The molecule has 1 aromatic heterocycles. The summed E-state index contributed by atoms with van der Waals surface area (Å²) in [7, 11) is 0. The van der Waals surface area contributed by atoms with Gasteiger partial charge in [0.2, 0.25) is 0 Å². The summed E-state index contributed by atoms with van der Waals surface area (Å²) < 4.78 is 5.36. The van der Waals surface area contributed by atoms with Crippen molar-refractivity contribution < 1.29 is 9.53 Å². The molecular weight excluding hydrogens is 254 g/mol. The van der Waals surface area contributed by atoms with Gasteiger partial charge in [-0.25, -0.2) is 9.78 Å². The summed E-state index contributed by atoms with van der Waals surface area (Å²) in [6.45, 7) is 6.78. The highest BCUT2D eigenvalue weighted by atomic mass is 16.6. The molecule has 2 N–H and O–H groups in total. The molecule has 1 aromatic rings. The first-order valence-corrected chi connectivity index (χ1v) is 6.75. The normalized spacial score (nSPS) is 15.8. The van der Waals surface area contributed by atoms with Crippen molar-refractivity contribution in [3.63, 3.8) is 0 Å². The zero-order valence-corrected chi connectivity index (χ0v) is 12.2. The summed E-state index contributed by atoms with van der Waals surface area (Å²) in [5, 5.41) is 0. The minimum absolute atomic E-state index is 0.270. The third-order valence-corrected chi connectivity index (χ3v) is 2.96. The molecule has 0 aliphatic carbocycles. The second kappa shape index (κ2) is 5.53. The molecule has 1 aliphatic heterocycles. The molecule has 0 aromatic carbocycles. The number of nitrogen functional groups attached to an aromatic ring is 1. The number of anilines is 1. The van der Waals surface area contributed by atoms with Crippen LogP contribution in [0, 0.1) is 0 Å². The fraction of sp³-hybridized carbons (Fsp3) is 0.467. The van der Waals surface area contributed by atoms with Crippen LogP contribution in [0.1, 0.15) is 32.9 Å². The van der Waals surface area contributed by atoms with Gasteiger partial charge in [-0.2, -0.15) is 0 Å². The Balaban J connectivity index is 2.02. The van der Waals surface area contributed by atoms with E-state index in [0.717, 1.165) is 17.7 Å². The highest BCUT2D eigenvalue weighted by molar-refractivity contribution is 5.72. The maximum atomic E-state index is 11.9. The van der Waals surface area contributed by atoms with Crippen LogP contribution in [0.4, 0.5) is 10.6 Å². The smallest absolute Gasteiger partial charge is 0.410 e. The summed E-state index contributed by atoms with van der Waals surface area (Å²) in [6, 6.07) is 5.59. The summed E-state index contributed by atoms with van der Waals surface area (Å²) in [4.78, 5) is 17.9. The monoisotopic (exact) mass is 275 g/mol. The van der Waals surface area contributed by atoms with Crippen LogP contribution in [-0.2, 0) is 4.74 Å². The average molecular weight is 275 g/mol. The first kappa shape index (κ1) is 14.4. The molecule has 20 heavy (non-hydrogen) atoms. The van der Waals surface area contributed by atoms with E-state index in [9.17, 15) is 4.79 Å². The maximum absolute atomic E-state index is 11.9. The van der Waals surface area contributed by atoms with Crippen LogP contribution >= 0.6 is 0 Å². The number of carbonyl (C=O) groups excluding carboxylic acids is 1. The molecule has 0 saturated heterocycles. The van der Waals surface area contributed by atoms with Crippen LogP contribution < -0.4 is 5.73 Å². The van der Waals surface area contributed by atoms with Crippen LogP contribution in [0.25, 0.3) is 5.57 Å². The zero-order valence-electron chi connectivity index (χ0n) is 12.2. The lowest BCUT2D eigenvalue weighted by molar-refractivity contribution is 0.0270. The van der Waals surface area contributed by atoms with E-state index in [-0.39, 0.29) is 6.09 Å². The minimum atomic E-state index is -0.462. The van der Waals surface area contributed by atoms with Crippen molar-refractivity contribution in [3.05, 3.63) is 30.0 Å². The molecule has 5 nitrogen and oxygen atoms in total. The molecule has 108 valence electrons. The molecule has 5 heteroatoms. The number of aromatic nitrogens is 1. The van der Waals surface area contributed by atoms with Crippen molar-refractivity contribution in [1.82, 2.24) is 9.88 Å². The second-order valence-corrected chi connectivity index (χ2v) is 5.85. The number of nitrogens with two attached hydrogens (primary N) is 1. The Hall–Kier alpha value is -2.04. The maximum Gasteiger partial charge on any atom is 0.410 e. The molecule has 0 unspecified atom stereocenters. The SMILES string of the molecule is CC(C)(C)OC(=O)N1CC=C(c2cccc(N)n2)CC1. The van der Waals surface area contributed by atoms with Crippen molar-refractivity contribution in [1.29, 1.82) is 0 Å². The van der Waals surface area contributed by atoms with Crippen LogP contribution in [0.5, 0.6) is 0 Å². The van der Waals surface area contributed by atoms with Gasteiger partial charge in [0, 0.05) is 13.1 Å². The Morgan fingerprint density at radius 2 is 2.15 bits per heavy atom. The largest absolute Gasteiger partial charge is 0.444 e. The Kier molecular flexibility index (Phi) is 3.97. The third kappa shape index (κ3) is 3.73. The van der Waals surface area contributed by atoms with Crippen LogP contribution in [0.3, 0.4) is 0 Å². The lowest BCUT2D eigenvalue weighted by atomic mass is 10.0. The van der Waals surface area contributed by atoms with E-state index in [1.807, 2.05) is 39.0 Å². The molecule has 0 saturated carbocycles. The van der Waals surface area contributed by atoms with E-state index in [2.05, 4.69) is 4.98 Å². The number of amides is 1. The molecule has 0 atom stereocenters. The molecule has 2 heterocycles. The molecular formula is C15H21N3O2. The Morgan fingerprint density at radius 3 is 2.70 bits per heavy atom. The van der Waals surface area contributed by atoms with Crippen molar-refractivity contribution in [2.75, 3.05) is 18.8 Å². The van der Waals surface area contributed by atoms with Crippen molar-refractivity contribution in [2.45, 2.75) is 32.8 Å². The number of rotatable bonds is 1. The lowest BCUT2D eigenvalue weighted by Gasteiger charge is -2.29. The van der Waals surface area contributed by atoms with E-state index < -0.39 is 5.60 Å². The number of ether oxygens (including phenoxy) is 1. The minimum Gasteiger partial charge on any atom is -0.444 e. The van der Waals surface area contributed by atoms with Gasteiger partial charge in [-0.1, -0.05) is 12.1 Å². The van der Waals surface area contributed by atoms with Gasteiger partial charge in [0.15, 0.2) is 0 Å². The number of nitrogens with zero attached hydrogens (tertiary/aromatic N) is 2. The highest BCUT2D eigenvalue weighted by Gasteiger charge is 2.24. The van der Waals surface area contributed by atoms with Gasteiger partial charge in [0.1, 0.15) is 11.4 Å². The number of pyridine rings is 1. The van der Waals surface area contributed by atoms with E-state index in [1.54, 1.807) is 11.0 Å². The fourth-order valence-corrected chi connectivity index (χ4v) is 2.02. The zero-order chi connectivity index (χ0) is 14.8. The first-order valence-electron chi connectivity index (χ1n) is 6.75. The second-order valence-electron chi connectivity index (χ2n) is 5.85. The van der Waals surface area contributed by atoms with Gasteiger partial charge < -0.3 is 15.4 Å². The highest BCUT2D eigenvalue weighted by Crippen LogP contribution is 2.22. The lowest BCUT2D eigenvalue weighted by Crippen LogP contribution is -2.39. The topological polar surface area (TPSA) is 68.5 Å². The summed E-state index contributed by atoms with van der Waals surface area (Å²) in [6.07, 6.45) is 2.50. The van der Waals surface area contributed by atoms with Crippen LogP contribution in [-0.4, -0.2) is 34.7 Å². The Bertz CT molecular complexity index is 532. The molecule has 0 fully saturated rings. The predicted molar refractivity (Wildman–Crippen MR) is 79.1 cm³/mol. The van der Waals surface area contributed by atoms with Crippen LogP contribution in [0.2, 0.25) is 0 Å². The number of hydrogen-bond acceptors (Lipinski definition) is 4. The fourth-order valence-electron chi connectivity index (χ4n) is 2.02. The number of carbonyl (C=O) groups is 1. The van der Waals surface area contributed by atoms with Gasteiger partial charge >= 0.3 is 6.09 Å². The van der Waals surface area contributed by atoms with Gasteiger partial charge in [0.25, 0.3) is 0 Å². The van der Waals surface area contributed by atoms with E-state index >= 15 is 0 Å². The van der Waals surface area contributed by atoms with Gasteiger partial charge in [0.05, 0.1) is 5.69 Å². The Morgan fingerprint density at radius 1 is 1.40 bits per heavy atom. The first-order chi connectivity index (χ1) is 9.35. The summed E-state index contributed by atoms with van der Waals surface area (Å²) in [5.74, 6) is 0.512. The van der Waals surface area contributed by atoms with Gasteiger partial charge in [-0.3, -0.25) is 0 Å². The quantitative estimate of drug-likeness (QED) is 0.855. The van der Waals surface area contributed by atoms with E-state index in [4.69, 9.17) is 10.5 Å². The molecule has 0 radical (unpaired) electrons. The molecule has 0 bridgehead atoms. The van der Waals surface area contributed by atoms with Gasteiger partial charge in [-0.15, -0.1) is 0 Å². The van der Waals surface area contributed by atoms with E-state index in [0.29, 0.717) is 18.9 Å². The third-order valence-electron chi connectivity index (χ3n) is 2.96. The van der Waals surface area contributed by atoms with Crippen molar-refractivity contribution in [2.24, 2.45) is 0 Å². The van der Waals surface area contributed by atoms with Crippen LogP contribution in [0.15, 0.2) is 24.3 Å². The number of hydrogen-bond donors (Lipinski definition) is 1. The standard InChI is InChI=1S/C15H21N3O2/c1-15(2,3)20-14(19)18-9-7-11(8-10-18)12-5-4-6-13(16)17-12/h4-7H,8-10H2,1-3H3,(H2,16,17). The molecule has 1 aliphatic rings. The predicted octanol–water partition coefficient (Wildman–Crippen LogP) is 2.69. The van der Waals surface area contributed by atoms with Crippen molar-refractivity contribution >= 4 is 17.5 Å². The summed E-state index contributed by atoms with van der Waals surface area (Å²) in [5.41, 5.74) is 7.23. The molecule has 2 rings (SSSR count). The van der Waals surface area contributed by atoms with Gasteiger partial charge in [-0.05, 0) is 44.9 Å². The molecule has 0 spiro atoms. The molecule has 1 amide bonds. The van der Waals surface area contributed by atoms with E-state index in [1.165, 1.54) is 0 Å². The summed E-state index contributed by atoms with van der Waals surface area (Å²) >= 11 is 0.